The van der Waals surface area contributed by atoms with E-state index < -0.39 is 11.7 Å². The van der Waals surface area contributed by atoms with E-state index in [1.807, 2.05) is 36.7 Å². The predicted molar refractivity (Wildman–Crippen MR) is 68.0 cm³/mol. The molecule has 1 aromatic carbocycles. The van der Waals surface area contributed by atoms with Gasteiger partial charge in [-0.2, -0.15) is 0 Å². The molecule has 0 aliphatic heterocycles. The number of Topliss-reactive ketones (excluding diaryl/α,β-unsaturated/α-hetero) is 1. The van der Waals surface area contributed by atoms with Gasteiger partial charge in [0, 0.05) is 20.5 Å². The van der Waals surface area contributed by atoms with Gasteiger partial charge >= 0.3 is 0 Å². The van der Waals surface area contributed by atoms with Crippen LogP contribution >= 0.6 is 0 Å². The summed E-state index contributed by atoms with van der Waals surface area (Å²) >= 11 is 0. The molecule has 0 fully saturated rings. The van der Waals surface area contributed by atoms with Crippen molar-refractivity contribution >= 4 is 22.7 Å². The van der Waals surface area contributed by atoms with Crippen molar-refractivity contribution in [3.63, 3.8) is 0 Å². The molecule has 2 aromatic rings. The Kier molecular flexibility index (Phi) is 3.14. The fourth-order valence-electron chi connectivity index (χ4n) is 1.78. The Balaban J connectivity index is 2.20. The van der Waals surface area contributed by atoms with Crippen LogP contribution in [-0.2, 0) is 23.2 Å². The lowest BCUT2D eigenvalue weighted by Gasteiger charge is -2.03. The number of amides is 1. The van der Waals surface area contributed by atoms with Crippen LogP contribution in [-0.4, -0.2) is 21.2 Å². The summed E-state index contributed by atoms with van der Waals surface area (Å²) in [5.74, 6) is -0.105. The highest BCUT2D eigenvalue weighted by molar-refractivity contribution is 6.35. The molecular weight excluding hydrogens is 230 g/mol. The van der Waals surface area contributed by atoms with Crippen LogP contribution in [0.1, 0.15) is 18.3 Å². The van der Waals surface area contributed by atoms with Gasteiger partial charge < -0.3 is 9.88 Å². The lowest BCUT2D eigenvalue weighted by molar-refractivity contribution is -0.136. The molecule has 1 heterocycles. The van der Waals surface area contributed by atoms with Gasteiger partial charge in [0.05, 0.1) is 11.0 Å². The fraction of sp³-hybridized carbons (Fsp3) is 0.308. The summed E-state index contributed by atoms with van der Waals surface area (Å²) in [5.41, 5.74) is 2.87. The van der Waals surface area contributed by atoms with E-state index in [2.05, 4.69) is 10.3 Å². The quantitative estimate of drug-likeness (QED) is 0.823. The van der Waals surface area contributed by atoms with Crippen molar-refractivity contribution in [1.82, 2.24) is 14.9 Å². The average molecular weight is 245 g/mol. The number of carbonyl (C=O) groups excluding carboxylic acids is 2. The molecule has 0 spiro atoms. The number of imidazole rings is 1. The number of aromatic nitrogens is 2. The van der Waals surface area contributed by atoms with E-state index in [1.54, 1.807) is 0 Å². The van der Waals surface area contributed by atoms with Crippen molar-refractivity contribution in [3.05, 3.63) is 29.6 Å². The van der Waals surface area contributed by atoms with Crippen LogP contribution in [0.4, 0.5) is 0 Å². The predicted octanol–water partition coefficient (Wildman–Crippen LogP) is 1.09. The van der Waals surface area contributed by atoms with E-state index in [1.165, 1.54) is 6.92 Å². The standard InChI is InChI=1S/C13H15N3O2/c1-8(17)13(18)14-7-10-4-5-12-11(6-10)15-9(2)16(12)3/h4-6H,7H2,1-3H3,(H,14,18). The molecule has 0 atom stereocenters. The molecule has 0 aliphatic rings. The second-order valence-electron chi connectivity index (χ2n) is 4.28. The van der Waals surface area contributed by atoms with Crippen LogP contribution in [0.2, 0.25) is 0 Å². The first kappa shape index (κ1) is 12.3. The maximum atomic E-state index is 11.2. The molecule has 0 saturated heterocycles. The van der Waals surface area contributed by atoms with Gasteiger partial charge in [-0.1, -0.05) is 6.07 Å². The Morgan fingerprint density at radius 3 is 2.78 bits per heavy atom. The molecule has 0 saturated carbocycles. The van der Waals surface area contributed by atoms with E-state index in [9.17, 15) is 9.59 Å². The van der Waals surface area contributed by atoms with Crippen molar-refractivity contribution in [2.45, 2.75) is 20.4 Å². The van der Waals surface area contributed by atoms with Gasteiger partial charge in [0.15, 0.2) is 0 Å². The molecule has 0 bridgehead atoms. The summed E-state index contributed by atoms with van der Waals surface area (Å²) in [4.78, 5) is 26.4. The lowest BCUT2D eigenvalue weighted by Crippen LogP contribution is -2.28. The summed E-state index contributed by atoms with van der Waals surface area (Å²) in [6, 6.07) is 5.80. The van der Waals surface area contributed by atoms with Crippen LogP contribution in [0.3, 0.4) is 0 Å². The largest absolute Gasteiger partial charge is 0.345 e. The molecule has 2 rings (SSSR count). The third-order valence-corrected chi connectivity index (χ3v) is 2.94. The molecule has 0 aliphatic carbocycles. The zero-order valence-corrected chi connectivity index (χ0v) is 10.7. The van der Waals surface area contributed by atoms with Crippen molar-refractivity contribution in [2.75, 3.05) is 0 Å². The third kappa shape index (κ3) is 2.25. The van der Waals surface area contributed by atoms with Crippen LogP contribution < -0.4 is 5.32 Å². The number of hydrogen-bond acceptors (Lipinski definition) is 3. The maximum absolute atomic E-state index is 11.2. The third-order valence-electron chi connectivity index (χ3n) is 2.94. The number of fused-ring (bicyclic) bond motifs is 1. The van der Waals surface area contributed by atoms with Gasteiger partial charge in [0.25, 0.3) is 5.91 Å². The molecule has 94 valence electrons. The van der Waals surface area contributed by atoms with Crippen molar-refractivity contribution in [3.8, 4) is 0 Å². The molecule has 0 radical (unpaired) electrons. The van der Waals surface area contributed by atoms with Gasteiger partial charge in [-0.3, -0.25) is 9.59 Å². The minimum atomic E-state index is -0.563. The summed E-state index contributed by atoms with van der Waals surface area (Å²) < 4.78 is 2.01. The van der Waals surface area contributed by atoms with Gasteiger partial charge in [0.1, 0.15) is 5.82 Å². The number of benzene rings is 1. The number of nitrogens with zero attached hydrogens (tertiary/aromatic N) is 2. The Morgan fingerprint density at radius 2 is 2.11 bits per heavy atom. The first-order valence-corrected chi connectivity index (χ1v) is 5.70. The molecule has 5 nitrogen and oxygen atoms in total. The smallest absolute Gasteiger partial charge is 0.287 e. The van der Waals surface area contributed by atoms with Gasteiger partial charge in [-0.15, -0.1) is 0 Å². The molecule has 1 N–H and O–H groups in total. The Bertz CT molecular complexity index is 628. The zero-order chi connectivity index (χ0) is 13.3. The number of nitrogens with one attached hydrogen (secondary N) is 1. The monoisotopic (exact) mass is 245 g/mol. The van der Waals surface area contributed by atoms with Crippen LogP contribution in [0, 0.1) is 6.92 Å². The van der Waals surface area contributed by atoms with E-state index in [0.717, 1.165) is 22.4 Å². The maximum Gasteiger partial charge on any atom is 0.287 e. The van der Waals surface area contributed by atoms with Crippen molar-refractivity contribution in [1.29, 1.82) is 0 Å². The fourth-order valence-corrected chi connectivity index (χ4v) is 1.78. The first-order chi connectivity index (χ1) is 8.49. The van der Waals surface area contributed by atoms with E-state index in [0.29, 0.717) is 6.54 Å². The molecule has 18 heavy (non-hydrogen) atoms. The summed E-state index contributed by atoms with van der Waals surface area (Å²) in [5, 5.41) is 2.56. The second-order valence-corrected chi connectivity index (χ2v) is 4.28. The molecular formula is C13H15N3O2. The Labute approximate surface area is 105 Å². The molecule has 0 unspecified atom stereocenters. The molecule has 1 aromatic heterocycles. The molecule has 5 heteroatoms. The van der Waals surface area contributed by atoms with Gasteiger partial charge in [-0.25, -0.2) is 4.98 Å². The Hall–Kier alpha value is -2.17. The highest BCUT2D eigenvalue weighted by Gasteiger charge is 2.08. The number of ketones is 1. The van der Waals surface area contributed by atoms with E-state index in [-0.39, 0.29) is 0 Å². The minimum Gasteiger partial charge on any atom is -0.345 e. The number of carbonyl (C=O) groups is 2. The summed E-state index contributed by atoms with van der Waals surface area (Å²) in [6.07, 6.45) is 0. The van der Waals surface area contributed by atoms with Crippen molar-refractivity contribution < 1.29 is 9.59 Å². The number of aryl methyl sites for hydroxylation is 2. The number of hydrogen-bond donors (Lipinski definition) is 1. The van der Waals surface area contributed by atoms with E-state index in [4.69, 9.17) is 0 Å². The summed E-state index contributed by atoms with van der Waals surface area (Å²) in [6.45, 7) is 3.53. The number of rotatable bonds is 3. The Morgan fingerprint density at radius 1 is 1.39 bits per heavy atom. The van der Waals surface area contributed by atoms with Crippen LogP contribution in [0.15, 0.2) is 18.2 Å². The second kappa shape index (κ2) is 4.60. The molecule has 1 amide bonds. The van der Waals surface area contributed by atoms with Crippen LogP contribution in [0.5, 0.6) is 0 Å². The normalized spacial score (nSPS) is 10.6. The van der Waals surface area contributed by atoms with Gasteiger partial charge in [0.2, 0.25) is 5.78 Å². The first-order valence-electron chi connectivity index (χ1n) is 5.70. The minimum absolute atomic E-state index is 0.337. The van der Waals surface area contributed by atoms with Gasteiger partial charge in [-0.05, 0) is 24.6 Å². The van der Waals surface area contributed by atoms with E-state index >= 15 is 0 Å². The highest BCUT2D eigenvalue weighted by Crippen LogP contribution is 2.16. The topological polar surface area (TPSA) is 64.0 Å². The zero-order valence-electron chi connectivity index (χ0n) is 10.7. The van der Waals surface area contributed by atoms with Crippen LogP contribution in [0.25, 0.3) is 11.0 Å². The summed E-state index contributed by atoms with van der Waals surface area (Å²) in [7, 11) is 1.96. The highest BCUT2D eigenvalue weighted by atomic mass is 16.2. The SMILES string of the molecule is CC(=O)C(=O)NCc1ccc2c(c1)nc(C)n2C. The van der Waals surface area contributed by atoms with Crippen molar-refractivity contribution in [2.24, 2.45) is 7.05 Å². The average Bonchev–Trinajstić information content (AvgIpc) is 2.61. The lowest BCUT2D eigenvalue weighted by atomic mass is 10.2.